The predicted octanol–water partition coefficient (Wildman–Crippen LogP) is 1.90. The van der Waals surface area contributed by atoms with Crippen LogP contribution in [0.4, 0.5) is 0 Å². The van der Waals surface area contributed by atoms with Gasteiger partial charge >= 0.3 is 7.82 Å². The van der Waals surface area contributed by atoms with E-state index in [-0.39, 0.29) is 13.2 Å². The number of benzene rings is 1. The van der Waals surface area contributed by atoms with E-state index in [2.05, 4.69) is 11.1 Å². The minimum Gasteiger partial charge on any atom is -0.491 e. The van der Waals surface area contributed by atoms with Gasteiger partial charge in [0.1, 0.15) is 12.4 Å². The third-order valence-electron chi connectivity index (χ3n) is 1.94. The maximum absolute atomic E-state index is 10.4. The molecule has 94 valence electrons. The molecule has 0 spiro atoms. The highest BCUT2D eigenvalue weighted by Gasteiger charge is 2.13. The highest BCUT2D eigenvalue weighted by molar-refractivity contribution is 7.46. The van der Waals surface area contributed by atoms with Crippen molar-refractivity contribution in [3.63, 3.8) is 0 Å². The van der Waals surface area contributed by atoms with Crippen LogP contribution in [-0.4, -0.2) is 23.0 Å². The van der Waals surface area contributed by atoms with Crippen molar-refractivity contribution in [3.8, 4) is 5.75 Å². The molecule has 1 aromatic carbocycles. The third kappa shape index (κ3) is 5.65. The molecule has 0 radical (unpaired) electrons. The molecule has 17 heavy (non-hydrogen) atoms. The van der Waals surface area contributed by atoms with Gasteiger partial charge in [-0.05, 0) is 18.1 Å². The highest BCUT2D eigenvalue weighted by atomic mass is 31.2. The normalized spacial score (nSPS) is 11.2. The average molecular weight is 258 g/mol. The number of hydrogen-bond acceptors (Lipinski definition) is 3. The van der Waals surface area contributed by atoms with E-state index in [1.54, 1.807) is 12.1 Å². The standard InChI is InChI=1S/C11H15O5P/c1-2-5-10-6-3-4-7-11(10)15-8-9-16-17(12,13)14/h2-4,6-7H,1,5,8-9H2,(H2,12,13,14). The second-order valence-corrected chi connectivity index (χ2v) is 4.51. The van der Waals surface area contributed by atoms with Crippen molar-refractivity contribution in [2.75, 3.05) is 13.2 Å². The Hall–Kier alpha value is -1.13. The summed E-state index contributed by atoms with van der Waals surface area (Å²) in [6.45, 7) is 3.57. The summed E-state index contributed by atoms with van der Waals surface area (Å²) >= 11 is 0. The van der Waals surface area contributed by atoms with Crippen molar-refractivity contribution in [1.29, 1.82) is 0 Å². The third-order valence-corrected chi connectivity index (χ3v) is 2.46. The van der Waals surface area contributed by atoms with Crippen molar-refractivity contribution in [1.82, 2.24) is 0 Å². The monoisotopic (exact) mass is 258 g/mol. The van der Waals surface area contributed by atoms with Crippen LogP contribution in [0.3, 0.4) is 0 Å². The molecule has 1 aromatic rings. The maximum atomic E-state index is 10.4. The summed E-state index contributed by atoms with van der Waals surface area (Å²) in [5, 5.41) is 0. The number of ether oxygens (including phenoxy) is 1. The molecule has 0 heterocycles. The molecule has 0 aliphatic heterocycles. The van der Waals surface area contributed by atoms with E-state index >= 15 is 0 Å². The van der Waals surface area contributed by atoms with Crippen LogP contribution in [0, 0.1) is 0 Å². The van der Waals surface area contributed by atoms with E-state index in [9.17, 15) is 4.57 Å². The molecule has 0 aromatic heterocycles. The molecule has 0 saturated carbocycles. The van der Waals surface area contributed by atoms with Crippen LogP contribution in [0.1, 0.15) is 5.56 Å². The zero-order valence-corrected chi connectivity index (χ0v) is 10.2. The van der Waals surface area contributed by atoms with Gasteiger partial charge < -0.3 is 14.5 Å². The minimum atomic E-state index is -4.41. The number of hydrogen-bond donors (Lipinski definition) is 2. The first-order valence-corrected chi connectivity index (χ1v) is 6.57. The van der Waals surface area contributed by atoms with E-state index in [0.717, 1.165) is 5.56 Å². The molecule has 5 nitrogen and oxygen atoms in total. The summed E-state index contributed by atoms with van der Waals surface area (Å²) in [4.78, 5) is 16.9. The lowest BCUT2D eigenvalue weighted by Crippen LogP contribution is -2.06. The average Bonchev–Trinajstić information content (AvgIpc) is 2.25. The molecule has 2 N–H and O–H groups in total. The first-order chi connectivity index (χ1) is 8.03. The van der Waals surface area contributed by atoms with Crippen molar-refractivity contribution >= 4 is 7.82 Å². The Morgan fingerprint density at radius 2 is 2.00 bits per heavy atom. The predicted molar refractivity (Wildman–Crippen MR) is 63.8 cm³/mol. The number of phosphoric acid groups is 1. The molecular formula is C11H15O5P. The Kier molecular flexibility index (Phi) is 5.38. The second-order valence-electron chi connectivity index (χ2n) is 3.27. The summed E-state index contributed by atoms with van der Waals surface area (Å²) in [6.07, 6.45) is 2.43. The lowest BCUT2D eigenvalue weighted by atomic mass is 10.1. The summed E-state index contributed by atoms with van der Waals surface area (Å²) < 4.78 is 20.1. The lowest BCUT2D eigenvalue weighted by molar-refractivity contribution is 0.160. The van der Waals surface area contributed by atoms with Gasteiger partial charge in [0.2, 0.25) is 0 Å². The molecule has 0 unspecified atom stereocenters. The van der Waals surface area contributed by atoms with Crippen LogP contribution in [0.2, 0.25) is 0 Å². The molecule has 0 amide bonds. The van der Waals surface area contributed by atoms with Crippen molar-refractivity contribution in [2.45, 2.75) is 6.42 Å². The second kappa shape index (κ2) is 6.57. The Morgan fingerprint density at radius 1 is 1.29 bits per heavy atom. The van der Waals surface area contributed by atoms with Gasteiger partial charge in [0.05, 0.1) is 6.61 Å². The lowest BCUT2D eigenvalue weighted by Gasteiger charge is -2.10. The number of para-hydroxylation sites is 1. The molecule has 0 aliphatic carbocycles. The number of allylic oxidation sites excluding steroid dienone is 1. The zero-order chi connectivity index (χ0) is 12.7. The van der Waals surface area contributed by atoms with Crippen molar-refractivity contribution in [2.24, 2.45) is 0 Å². The molecule has 6 heteroatoms. The highest BCUT2D eigenvalue weighted by Crippen LogP contribution is 2.35. The molecule has 0 bridgehead atoms. The van der Waals surface area contributed by atoms with Crippen LogP contribution in [-0.2, 0) is 15.5 Å². The van der Waals surface area contributed by atoms with Gasteiger partial charge in [-0.25, -0.2) is 4.57 Å². The fourth-order valence-corrected chi connectivity index (χ4v) is 1.59. The van der Waals surface area contributed by atoms with Gasteiger partial charge in [0.25, 0.3) is 0 Å². The minimum absolute atomic E-state index is 0.0826. The fraction of sp³-hybridized carbons (Fsp3) is 0.273. The SMILES string of the molecule is C=CCc1ccccc1OCCOP(=O)(O)O. The van der Waals surface area contributed by atoms with E-state index in [1.165, 1.54) is 0 Å². The van der Waals surface area contributed by atoms with Gasteiger partial charge in [-0.1, -0.05) is 24.3 Å². The quantitative estimate of drug-likeness (QED) is 0.444. The maximum Gasteiger partial charge on any atom is 0.469 e. The van der Waals surface area contributed by atoms with Crippen LogP contribution in [0.5, 0.6) is 5.75 Å². The molecule has 0 atom stereocenters. The van der Waals surface area contributed by atoms with E-state index < -0.39 is 7.82 Å². The van der Waals surface area contributed by atoms with Crippen LogP contribution < -0.4 is 4.74 Å². The first kappa shape index (κ1) is 13.9. The van der Waals surface area contributed by atoms with Gasteiger partial charge in [0, 0.05) is 0 Å². The summed E-state index contributed by atoms with van der Waals surface area (Å²) in [5.74, 6) is 0.668. The molecule has 0 fully saturated rings. The molecular weight excluding hydrogens is 243 g/mol. The topological polar surface area (TPSA) is 76.0 Å². The fourth-order valence-electron chi connectivity index (χ4n) is 1.28. The van der Waals surface area contributed by atoms with Crippen molar-refractivity contribution in [3.05, 3.63) is 42.5 Å². The summed E-state index contributed by atoms with van der Waals surface area (Å²) in [5.41, 5.74) is 0.971. The van der Waals surface area contributed by atoms with E-state index in [1.807, 2.05) is 18.2 Å². The Labute approximate surface area is 99.9 Å². The number of rotatable bonds is 7. The number of phosphoric ester groups is 1. The smallest absolute Gasteiger partial charge is 0.469 e. The Bertz CT molecular complexity index is 412. The van der Waals surface area contributed by atoms with Crippen LogP contribution in [0.25, 0.3) is 0 Å². The van der Waals surface area contributed by atoms with Crippen LogP contribution in [0.15, 0.2) is 36.9 Å². The van der Waals surface area contributed by atoms with Gasteiger partial charge in [0.15, 0.2) is 0 Å². The van der Waals surface area contributed by atoms with Crippen molar-refractivity contribution < 1.29 is 23.6 Å². The summed E-state index contributed by atoms with van der Waals surface area (Å²) in [6, 6.07) is 7.40. The molecule has 1 rings (SSSR count). The molecule has 0 aliphatic rings. The van der Waals surface area contributed by atoms with Gasteiger partial charge in [-0.15, -0.1) is 6.58 Å². The summed E-state index contributed by atoms with van der Waals surface area (Å²) in [7, 11) is -4.41. The molecule has 0 saturated heterocycles. The largest absolute Gasteiger partial charge is 0.491 e. The Balaban J connectivity index is 2.46. The zero-order valence-electron chi connectivity index (χ0n) is 9.28. The van der Waals surface area contributed by atoms with Crippen LogP contribution >= 0.6 is 7.82 Å². The Morgan fingerprint density at radius 3 is 2.65 bits per heavy atom. The van der Waals surface area contributed by atoms with E-state index in [4.69, 9.17) is 14.5 Å². The van der Waals surface area contributed by atoms with Gasteiger partial charge in [-0.3, -0.25) is 4.52 Å². The van der Waals surface area contributed by atoms with E-state index in [0.29, 0.717) is 12.2 Å². The first-order valence-electron chi connectivity index (χ1n) is 5.04. The van der Waals surface area contributed by atoms with Gasteiger partial charge in [-0.2, -0.15) is 0 Å².